The first kappa shape index (κ1) is 17.6. The summed E-state index contributed by atoms with van der Waals surface area (Å²) in [5.41, 5.74) is 1.35. The molecule has 0 saturated heterocycles. The van der Waals surface area contributed by atoms with Crippen LogP contribution in [0.15, 0.2) is 28.7 Å². The van der Waals surface area contributed by atoms with Crippen LogP contribution in [0.25, 0.3) is 0 Å². The molecule has 114 valence electrons. The summed E-state index contributed by atoms with van der Waals surface area (Å²) in [6.45, 7) is 6.39. The number of halogens is 1. The van der Waals surface area contributed by atoms with Crippen molar-refractivity contribution >= 4 is 15.9 Å². The molecule has 4 heteroatoms. The van der Waals surface area contributed by atoms with Gasteiger partial charge in [0, 0.05) is 37.9 Å². The van der Waals surface area contributed by atoms with Crippen molar-refractivity contribution in [3.63, 3.8) is 0 Å². The molecule has 1 N–H and O–H groups in total. The second kappa shape index (κ2) is 11.3. The van der Waals surface area contributed by atoms with Gasteiger partial charge in [-0.2, -0.15) is 0 Å². The summed E-state index contributed by atoms with van der Waals surface area (Å²) >= 11 is 3.54. The third kappa shape index (κ3) is 7.39. The quantitative estimate of drug-likeness (QED) is 0.623. The Morgan fingerprint density at radius 3 is 2.80 bits per heavy atom. The van der Waals surface area contributed by atoms with Gasteiger partial charge < -0.3 is 14.8 Å². The van der Waals surface area contributed by atoms with Crippen molar-refractivity contribution in [1.82, 2.24) is 5.32 Å². The molecule has 0 aliphatic heterocycles. The number of nitrogens with one attached hydrogen (secondary N) is 1. The highest BCUT2D eigenvalue weighted by Gasteiger charge is 2.11. The SMILES string of the molecule is CCCOCCC(CNCCOC)c1cccc(Br)c1. The van der Waals surface area contributed by atoms with Gasteiger partial charge in [-0.1, -0.05) is 35.0 Å². The minimum absolute atomic E-state index is 0.473. The molecule has 0 aliphatic carbocycles. The molecule has 3 nitrogen and oxygen atoms in total. The van der Waals surface area contributed by atoms with E-state index >= 15 is 0 Å². The second-order valence-corrected chi connectivity index (χ2v) is 5.77. The minimum atomic E-state index is 0.473. The molecular formula is C16H26BrNO2. The van der Waals surface area contributed by atoms with Crippen molar-refractivity contribution < 1.29 is 9.47 Å². The fourth-order valence-corrected chi connectivity index (χ4v) is 2.49. The van der Waals surface area contributed by atoms with E-state index in [1.807, 2.05) is 0 Å². The molecular weight excluding hydrogens is 318 g/mol. The summed E-state index contributed by atoms with van der Waals surface area (Å²) in [5.74, 6) is 0.473. The van der Waals surface area contributed by atoms with Gasteiger partial charge in [-0.3, -0.25) is 0 Å². The van der Waals surface area contributed by atoms with Gasteiger partial charge in [0.25, 0.3) is 0 Å². The number of hydrogen-bond donors (Lipinski definition) is 1. The highest BCUT2D eigenvalue weighted by atomic mass is 79.9. The Bertz CT molecular complexity index is 348. The number of methoxy groups -OCH3 is 1. The smallest absolute Gasteiger partial charge is 0.0587 e. The predicted molar refractivity (Wildman–Crippen MR) is 87.4 cm³/mol. The van der Waals surface area contributed by atoms with Crippen LogP contribution in [0.4, 0.5) is 0 Å². The molecule has 0 amide bonds. The molecule has 1 unspecified atom stereocenters. The van der Waals surface area contributed by atoms with Crippen molar-refractivity contribution in [2.75, 3.05) is 40.0 Å². The van der Waals surface area contributed by atoms with Crippen LogP contribution < -0.4 is 5.32 Å². The Morgan fingerprint density at radius 2 is 2.10 bits per heavy atom. The van der Waals surface area contributed by atoms with Crippen LogP contribution in [0.1, 0.15) is 31.2 Å². The van der Waals surface area contributed by atoms with Crippen molar-refractivity contribution in [2.24, 2.45) is 0 Å². The highest BCUT2D eigenvalue weighted by molar-refractivity contribution is 9.10. The van der Waals surface area contributed by atoms with Crippen LogP contribution in [0.5, 0.6) is 0 Å². The molecule has 1 aromatic carbocycles. The van der Waals surface area contributed by atoms with Crippen LogP contribution in [0.2, 0.25) is 0 Å². The Balaban J connectivity index is 2.49. The molecule has 0 bridgehead atoms. The van der Waals surface area contributed by atoms with Gasteiger partial charge in [-0.05, 0) is 36.5 Å². The number of hydrogen-bond acceptors (Lipinski definition) is 3. The molecule has 0 aromatic heterocycles. The average Bonchev–Trinajstić information content (AvgIpc) is 2.45. The summed E-state index contributed by atoms with van der Waals surface area (Å²) in [6.07, 6.45) is 2.12. The van der Waals surface area contributed by atoms with E-state index in [1.165, 1.54) is 5.56 Å². The molecule has 0 fully saturated rings. The zero-order chi connectivity index (χ0) is 14.6. The molecule has 0 spiro atoms. The fraction of sp³-hybridized carbons (Fsp3) is 0.625. The molecule has 20 heavy (non-hydrogen) atoms. The van der Waals surface area contributed by atoms with Crippen LogP contribution in [-0.2, 0) is 9.47 Å². The van der Waals surface area contributed by atoms with Crippen molar-refractivity contribution in [1.29, 1.82) is 0 Å². The van der Waals surface area contributed by atoms with Gasteiger partial charge >= 0.3 is 0 Å². The molecule has 0 aliphatic rings. The van der Waals surface area contributed by atoms with Crippen molar-refractivity contribution in [3.8, 4) is 0 Å². The lowest BCUT2D eigenvalue weighted by molar-refractivity contribution is 0.127. The predicted octanol–water partition coefficient (Wildman–Crippen LogP) is 3.59. The maximum atomic E-state index is 5.63. The van der Waals surface area contributed by atoms with E-state index in [9.17, 15) is 0 Å². The summed E-state index contributed by atoms with van der Waals surface area (Å²) in [4.78, 5) is 0. The Hall–Kier alpha value is -0.420. The molecule has 0 radical (unpaired) electrons. The van der Waals surface area contributed by atoms with Gasteiger partial charge in [-0.15, -0.1) is 0 Å². The van der Waals surface area contributed by atoms with Gasteiger partial charge in [-0.25, -0.2) is 0 Å². The van der Waals surface area contributed by atoms with Crippen LogP contribution >= 0.6 is 15.9 Å². The van der Waals surface area contributed by atoms with E-state index < -0.39 is 0 Å². The normalized spacial score (nSPS) is 12.6. The first-order valence-electron chi connectivity index (χ1n) is 7.30. The van der Waals surface area contributed by atoms with Crippen LogP contribution in [0, 0.1) is 0 Å². The molecule has 0 saturated carbocycles. The molecule has 1 atom stereocenters. The van der Waals surface area contributed by atoms with E-state index in [4.69, 9.17) is 9.47 Å². The zero-order valence-electron chi connectivity index (χ0n) is 12.5. The third-order valence-electron chi connectivity index (χ3n) is 3.15. The van der Waals surface area contributed by atoms with Crippen LogP contribution in [-0.4, -0.2) is 40.0 Å². The van der Waals surface area contributed by atoms with E-state index in [2.05, 4.69) is 52.4 Å². The maximum absolute atomic E-state index is 5.63. The largest absolute Gasteiger partial charge is 0.383 e. The maximum Gasteiger partial charge on any atom is 0.0587 e. The monoisotopic (exact) mass is 343 g/mol. The lowest BCUT2D eigenvalue weighted by atomic mass is 9.96. The summed E-state index contributed by atoms with van der Waals surface area (Å²) < 4.78 is 11.8. The highest BCUT2D eigenvalue weighted by Crippen LogP contribution is 2.22. The zero-order valence-corrected chi connectivity index (χ0v) is 14.1. The fourth-order valence-electron chi connectivity index (χ4n) is 2.07. The Morgan fingerprint density at radius 1 is 1.25 bits per heavy atom. The lowest BCUT2D eigenvalue weighted by Crippen LogP contribution is -2.26. The topological polar surface area (TPSA) is 30.5 Å². The summed E-state index contributed by atoms with van der Waals surface area (Å²) in [6, 6.07) is 8.54. The minimum Gasteiger partial charge on any atom is -0.383 e. The molecule has 0 heterocycles. The van der Waals surface area contributed by atoms with Gasteiger partial charge in [0.2, 0.25) is 0 Å². The van der Waals surface area contributed by atoms with E-state index in [1.54, 1.807) is 7.11 Å². The summed E-state index contributed by atoms with van der Waals surface area (Å²) in [7, 11) is 1.73. The van der Waals surface area contributed by atoms with E-state index in [0.29, 0.717) is 5.92 Å². The van der Waals surface area contributed by atoms with Crippen molar-refractivity contribution in [3.05, 3.63) is 34.3 Å². The Labute approximate surface area is 131 Å². The van der Waals surface area contributed by atoms with E-state index in [0.717, 1.165) is 50.2 Å². The Kier molecular flexibility index (Phi) is 9.93. The first-order chi connectivity index (χ1) is 9.77. The first-order valence-corrected chi connectivity index (χ1v) is 8.10. The number of ether oxygens (including phenoxy) is 2. The molecule has 1 rings (SSSR count). The third-order valence-corrected chi connectivity index (χ3v) is 3.65. The second-order valence-electron chi connectivity index (χ2n) is 4.85. The lowest BCUT2D eigenvalue weighted by Gasteiger charge is -2.18. The number of benzene rings is 1. The average molecular weight is 344 g/mol. The van der Waals surface area contributed by atoms with Crippen molar-refractivity contribution in [2.45, 2.75) is 25.7 Å². The van der Waals surface area contributed by atoms with Gasteiger partial charge in [0.15, 0.2) is 0 Å². The summed E-state index contributed by atoms with van der Waals surface area (Å²) in [5, 5.41) is 3.45. The van der Waals surface area contributed by atoms with Crippen LogP contribution in [0.3, 0.4) is 0 Å². The number of rotatable bonds is 11. The standard InChI is InChI=1S/C16H26BrNO2/c1-3-9-20-10-7-15(13-18-8-11-19-2)14-5-4-6-16(17)12-14/h4-6,12,15,18H,3,7-11,13H2,1-2H3. The molecule has 1 aromatic rings. The van der Waals surface area contributed by atoms with Gasteiger partial charge in [0.05, 0.1) is 6.61 Å². The van der Waals surface area contributed by atoms with Gasteiger partial charge in [0.1, 0.15) is 0 Å². The van der Waals surface area contributed by atoms with E-state index in [-0.39, 0.29) is 0 Å².